The third-order valence-electron chi connectivity index (χ3n) is 5.44. The van der Waals surface area contributed by atoms with Crippen LogP contribution in [0.2, 0.25) is 0 Å². The molecule has 1 N–H and O–H groups in total. The molecule has 2 aromatic rings. The number of benzene rings is 1. The number of Topliss-reactive ketones (excluding diaryl/α,β-unsaturated/α-hetero) is 1. The van der Waals surface area contributed by atoms with E-state index in [4.69, 9.17) is 4.74 Å². The highest BCUT2D eigenvalue weighted by Crippen LogP contribution is 2.39. The van der Waals surface area contributed by atoms with Crippen molar-refractivity contribution in [3.05, 3.63) is 52.3 Å². The van der Waals surface area contributed by atoms with Crippen LogP contribution in [0.1, 0.15) is 60.1 Å². The van der Waals surface area contributed by atoms with Crippen molar-refractivity contribution in [2.24, 2.45) is 5.41 Å². The van der Waals surface area contributed by atoms with Gasteiger partial charge in [-0.05, 0) is 42.9 Å². The van der Waals surface area contributed by atoms with Crippen molar-refractivity contribution < 1.29 is 23.1 Å². The molecule has 1 atom stereocenters. The van der Waals surface area contributed by atoms with Crippen LogP contribution in [0.4, 0.5) is 0 Å². The molecule has 0 amide bonds. The van der Waals surface area contributed by atoms with Gasteiger partial charge in [0.25, 0.3) is 0 Å². The van der Waals surface area contributed by atoms with Gasteiger partial charge in [-0.25, -0.2) is 4.21 Å². The van der Waals surface area contributed by atoms with Gasteiger partial charge in [0, 0.05) is 29.8 Å². The average Bonchev–Trinajstić information content (AvgIpc) is 2.87. The van der Waals surface area contributed by atoms with Crippen molar-refractivity contribution in [3.8, 4) is 0 Å². The molecule has 156 valence electrons. The molecule has 1 aliphatic rings. The predicted octanol–water partition coefficient (Wildman–Crippen LogP) is 3.69. The summed E-state index contributed by atoms with van der Waals surface area (Å²) >= 11 is -2.11. The van der Waals surface area contributed by atoms with E-state index in [0.29, 0.717) is 41.9 Å². The summed E-state index contributed by atoms with van der Waals surface area (Å²) in [5, 5.41) is 0. The highest BCUT2D eigenvalue weighted by molar-refractivity contribution is 7.79. The Morgan fingerprint density at radius 1 is 1.28 bits per heavy atom. The molecule has 0 radical (unpaired) electrons. The van der Waals surface area contributed by atoms with E-state index in [1.54, 1.807) is 25.1 Å². The molecule has 1 unspecified atom stereocenters. The van der Waals surface area contributed by atoms with Crippen molar-refractivity contribution in [2.45, 2.75) is 58.4 Å². The second kappa shape index (κ2) is 8.24. The minimum absolute atomic E-state index is 0.0545. The molecule has 0 bridgehead atoms. The number of aromatic nitrogens is 1. The van der Waals surface area contributed by atoms with Crippen molar-refractivity contribution in [1.29, 1.82) is 0 Å². The number of carbonyl (C=O) groups excluding carboxylic acids is 2. The van der Waals surface area contributed by atoms with Gasteiger partial charge in [-0.2, -0.15) is 0 Å². The van der Waals surface area contributed by atoms with E-state index >= 15 is 0 Å². The summed E-state index contributed by atoms with van der Waals surface area (Å²) in [6.07, 6.45) is 1.48. The molecule has 0 aliphatic heterocycles. The lowest BCUT2D eigenvalue weighted by Crippen LogP contribution is -2.29. The molecule has 0 spiro atoms. The van der Waals surface area contributed by atoms with Crippen LogP contribution >= 0.6 is 0 Å². The number of ketones is 1. The first-order valence-corrected chi connectivity index (χ1v) is 10.8. The van der Waals surface area contributed by atoms with Gasteiger partial charge in [-0.3, -0.25) is 9.59 Å². The number of fused-ring (bicyclic) bond motifs is 1. The molecule has 1 aliphatic carbocycles. The van der Waals surface area contributed by atoms with Crippen LogP contribution in [0.25, 0.3) is 0 Å². The quantitative estimate of drug-likeness (QED) is 0.572. The summed E-state index contributed by atoms with van der Waals surface area (Å²) in [6, 6.07) is 6.95. The van der Waals surface area contributed by atoms with Crippen LogP contribution < -0.4 is 0 Å². The Morgan fingerprint density at radius 3 is 2.62 bits per heavy atom. The zero-order valence-electron chi connectivity index (χ0n) is 17.3. The summed E-state index contributed by atoms with van der Waals surface area (Å²) in [6.45, 7) is 8.11. The lowest BCUT2D eigenvalue weighted by atomic mass is 9.75. The van der Waals surface area contributed by atoms with Crippen LogP contribution in [0.15, 0.2) is 29.2 Å². The number of esters is 1. The Labute approximate surface area is 173 Å². The monoisotopic (exact) mass is 417 g/mol. The van der Waals surface area contributed by atoms with Crippen molar-refractivity contribution in [1.82, 2.24) is 4.57 Å². The normalized spacial score (nSPS) is 16.4. The molecule has 0 fully saturated rings. The second-order valence-corrected chi connectivity index (χ2v) is 9.19. The Balaban J connectivity index is 2.13. The summed E-state index contributed by atoms with van der Waals surface area (Å²) < 4.78 is 28.4. The van der Waals surface area contributed by atoms with Crippen LogP contribution in [0, 0.1) is 12.3 Å². The molecular formula is C22H27NO5S. The van der Waals surface area contributed by atoms with Gasteiger partial charge < -0.3 is 13.9 Å². The summed E-state index contributed by atoms with van der Waals surface area (Å²) in [7, 11) is 0. The number of ether oxygens (including phenoxy) is 1. The first kappa shape index (κ1) is 21.5. The van der Waals surface area contributed by atoms with E-state index in [2.05, 4.69) is 13.8 Å². The van der Waals surface area contributed by atoms with E-state index in [1.807, 2.05) is 17.6 Å². The van der Waals surface area contributed by atoms with Gasteiger partial charge in [0.05, 0.1) is 11.5 Å². The lowest BCUT2D eigenvalue weighted by molar-refractivity contribution is -0.143. The van der Waals surface area contributed by atoms with E-state index in [0.717, 1.165) is 17.0 Å². The maximum atomic E-state index is 13.1. The molecule has 1 aromatic heterocycles. The maximum absolute atomic E-state index is 13.1. The fourth-order valence-corrected chi connectivity index (χ4v) is 4.74. The van der Waals surface area contributed by atoms with Crippen LogP contribution in [0.5, 0.6) is 0 Å². The van der Waals surface area contributed by atoms with Gasteiger partial charge in [-0.1, -0.05) is 32.0 Å². The van der Waals surface area contributed by atoms with Gasteiger partial charge in [-0.15, -0.1) is 0 Å². The number of carbonyl (C=O) groups is 2. The number of nitrogens with zero attached hydrogens (tertiary/aromatic N) is 1. The molecule has 3 rings (SSSR count). The predicted molar refractivity (Wildman–Crippen MR) is 111 cm³/mol. The number of hydrogen-bond acceptors (Lipinski definition) is 4. The zero-order chi connectivity index (χ0) is 21.3. The van der Waals surface area contributed by atoms with Gasteiger partial charge >= 0.3 is 5.97 Å². The highest BCUT2D eigenvalue weighted by atomic mass is 32.2. The molecule has 6 nitrogen and oxygen atoms in total. The fraction of sp³-hybridized carbons (Fsp3) is 0.455. The largest absolute Gasteiger partial charge is 0.465 e. The third kappa shape index (κ3) is 4.36. The third-order valence-corrected chi connectivity index (χ3v) is 6.22. The average molecular weight is 418 g/mol. The molecule has 0 saturated carbocycles. The maximum Gasteiger partial charge on any atom is 0.325 e. The fourth-order valence-electron chi connectivity index (χ4n) is 4.18. The molecule has 1 aromatic carbocycles. The Bertz CT molecular complexity index is 989. The summed E-state index contributed by atoms with van der Waals surface area (Å²) in [5.74, 6) is -0.285. The number of rotatable bonds is 6. The van der Waals surface area contributed by atoms with Crippen LogP contribution in [0.3, 0.4) is 0 Å². The Morgan fingerprint density at radius 2 is 1.97 bits per heavy atom. The van der Waals surface area contributed by atoms with Crippen LogP contribution in [-0.4, -0.2) is 31.7 Å². The van der Waals surface area contributed by atoms with Crippen molar-refractivity contribution in [2.75, 3.05) is 6.61 Å². The second-order valence-electron chi connectivity index (χ2n) is 8.25. The zero-order valence-corrected chi connectivity index (χ0v) is 18.1. The highest BCUT2D eigenvalue weighted by Gasteiger charge is 2.37. The standard InChI is InChI=1S/C22H27NO5S/c1-5-28-20(25)13-23-14(2)16(10-15-8-6-7-9-19(15)29(26)27)21-17(23)11-22(3,4)12-18(21)24/h6-9H,5,10-13H2,1-4H3,(H,26,27). The minimum Gasteiger partial charge on any atom is -0.465 e. The van der Waals surface area contributed by atoms with E-state index in [9.17, 15) is 18.4 Å². The van der Waals surface area contributed by atoms with E-state index < -0.39 is 11.1 Å². The molecule has 1 heterocycles. The first-order valence-electron chi connectivity index (χ1n) is 9.73. The SMILES string of the molecule is CCOC(=O)Cn1c(C)c(Cc2ccccc2S(=O)O)c2c1CC(C)(C)CC2=O. The van der Waals surface area contributed by atoms with Crippen molar-refractivity contribution in [3.63, 3.8) is 0 Å². The first-order chi connectivity index (χ1) is 13.6. The summed E-state index contributed by atoms with van der Waals surface area (Å²) in [4.78, 5) is 25.6. The summed E-state index contributed by atoms with van der Waals surface area (Å²) in [5.41, 5.74) is 3.67. The van der Waals surface area contributed by atoms with Crippen LogP contribution in [-0.2, 0) is 40.0 Å². The Hall–Kier alpha value is -2.25. The smallest absolute Gasteiger partial charge is 0.325 e. The van der Waals surface area contributed by atoms with Gasteiger partial charge in [0.1, 0.15) is 6.54 Å². The molecule has 29 heavy (non-hydrogen) atoms. The lowest BCUT2D eigenvalue weighted by Gasteiger charge is -2.30. The minimum atomic E-state index is -2.11. The molecular weight excluding hydrogens is 390 g/mol. The van der Waals surface area contributed by atoms with Crippen molar-refractivity contribution >= 4 is 22.8 Å². The van der Waals surface area contributed by atoms with Gasteiger partial charge in [0.2, 0.25) is 0 Å². The van der Waals surface area contributed by atoms with E-state index in [1.165, 1.54) is 0 Å². The number of hydrogen-bond donors (Lipinski definition) is 1. The van der Waals surface area contributed by atoms with E-state index in [-0.39, 0.29) is 23.7 Å². The topological polar surface area (TPSA) is 85.6 Å². The Kier molecular flexibility index (Phi) is 6.10. The molecule has 7 heteroatoms. The van der Waals surface area contributed by atoms with Gasteiger partial charge in [0.15, 0.2) is 16.9 Å². The molecule has 0 saturated heterocycles.